The second-order valence-electron chi connectivity index (χ2n) is 4.09. The van der Waals surface area contributed by atoms with Gasteiger partial charge in [-0.15, -0.1) is 0 Å². The zero-order chi connectivity index (χ0) is 8.67. The van der Waals surface area contributed by atoms with Gasteiger partial charge in [-0.3, -0.25) is 4.68 Å². The van der Waals surface area contributed by atoms with Gasteiger partial charge in [0.2, 0.25) is 0 Å². The second kappa shape index (κ2) is 2.84. The van der Waals surface area contributed by atoms with Crippen LogP contribution in [0.3, 0.4) is 0 Å². The fraction of sp³-hybridized carbons (Fsp3) is 0.700. The van der Waals surface area contributed by atoms with Crippen molar-refractivity contribution in [3.05, 3.63) is 17.5 Å². The van der Waals surface area contributed by atoms with Gasteiger partial charge in [-0.2, -0.15) is 5.10 Å². The number of hydrogen-bond donors (Lipinski definition) is 1. The molecule has 1 saturated carbocycles. The van der Waals surface area contributed by atoms with Gasteiger partial charge in [0.1, 0.15) is 0 Å². The number of aryl methyl sites for hydroxylation is 1. The Labute approximate surface area is 78.1 Å². The van der Waals surface area contributed by atoms with E-state index in [4.69, 9.17) is 0 Å². The molecule has 2 aliphatic rings. The molecule has 1 fully saturated rings. The molecule has 0 atom stereocenters. The normalized spacial score (nSPS) is 22.5. The zero-order valence-corrected chi connectivity index (χ0v) is 7.79. The summed E-state index contributed by atoms with van der Waals surface area (Å²) in [6.45, 7) is 2.15. The average Bonchev–Trinajstić information content (AvgIpc) is 2.93. The van der Waals surface area contributed by atoms with Crippen molar-refractivity contribution < 1.29 is 0 Å². The van der Waals surface area contributed by atoms with Gasteiger partial charge in [0, 0.05) is 18.3 Å². The van der Waals surface area contributed by atoms with Crippen LogP contribution < -0.4 is 5.32 Å². The Morgan fingerprint density at radius 3 is 3.23 bits per heavy atom. The Hall–Kier alpha value is -0.830. The van der Waals surface area contributed by atoms with Crippen molar-refractivity contribution in [3.8, 4) is 0 Å². The first-order valence-corrected chi connectivity index (χ1v) is 5.21. The monoisotopic (exact) mass is 177 g/mol. The summed E-state index contributed by atoms with van der Waals surface area (Å²) in [5.41, 5.74) is 2.75. The van der Waals surface area contributed by atoms with Crippen molar-refractivity contribution >= 4 is 0 Å². The Balaban J connectivity index is 1.92. The van der Waals surface area contributed by atoms with Crippen LogP contribution in [0.4, 0.5) is 0 Å². The van der Waals surface area contributed by atoms with Crippen LogP contribution >= 0.6 is 0 Å². The molecular formula is C10H15N3. The molecule has 1 aromatic heterocycles. The van der Waals surface area contributed by atoms with E-state index in [0.717, 1.165) is 25.6 Å². The number of nitrogens with zero attached hydrogens (tertiary/aromatic N) is 2. The van der Waals surface area contributed by atoms with Gasteiger partial charge >= 0.3 is 0 Å². The Morgan fingerprint density at radius 2 is 2.38 bits per heavy atom. The van der Waals surface area contributed by atoms with Crippen LogP contribution in [-0.2, 0) is 13.0 Å². The topological polar surface area (TPSA) is 29.9 Å². The predicted molar refractivity (Wildman–Crippen MR) is 50.5 cm³/mol. The number of rotatable bonds is 1. The van der Waals surface area contributed by atoms with E-state index in [9.17, 15) is 0 Å². The first-order valence-electron chi connectivity index (χ1n) is 5.21. The quantitative estimate of drug-likeness (QED) is 0.699. The zero-order valence-electron chi connectivity index (χ0n) is 7.79. The third-order valence-corrected chi connectivity index (χ3v) is 2.90. The number of aromatic nitrogens is 2. The summed E-state index contributed by atoms with van der Waals surface area (Å²) in [4.78, 5) is 0. The fourth-order valence-corrected chi connectivity index (χ4v) is 1.95. The predicted octanol–water partition coefficient (Wildman–Crippen LogP) is 1.25. The van der Waals surface area contributed by atoms with Gasteiger partial charge in [0.05, 0.1) is 11.7 Å². The lowest BCUT2D eigenvalue weighted by Gasteiger charge is -1.97. The van der Waals surface area contributed by atoms with E-state index in [2.05, 4.69) is 21.3 Å². The molecule has 3 nitrogen and oxygen atoms in total. The van der Waals surface area contributed by atoms with Gasteiger partial charge in [-0.05, 0) is 32.2 Å². The van der Waals surface area contributed by atoms with Gasteiger partial charge in [-0.1, -0.05) is 0 Å². The molecule has 1 N–H and O–H groups in total. The third-order valence-electron chi connectivity index (χ3n) is 2.90. The van der Waals surface area contributed by atoms with Crippen molar-refractivity contribution in [2.24, 2.45) is 0 Å². The van der Waals surface area contributed by atoms with E-state index in [1.165, 1.54) is 30.5 Å². The van der Waals surface area contributed by atoms with Crippen LogP contribution in [-0.4, -0.2) is 16.3 Å². The summed E-state index contributed by atoms with van der Waals surface area (Å²) in [6, 6.07) is 0.729. The maximum Gasteiger partial charge on any atom is 0.0670 e. The van der Waals surface area contributed by atoms with Crippen LogP contribution in [0, 0.1) is 0 Å². The van der Waals surface area contributed by atoms with Gasteiger partial charge in [0.15, 0.2) is 0 Å². The molecule has 1 aromatic rings. The van der Waals surface area contributed by atoms with E-state index in [-0.39, 0.29) is 0 Å². The molecule has 0 bridgehead atoms. The van der Waals surface area contributed by atoms with Crippen molar-refractivity contribution in [2.75, 3.05) is 6.54 Å². The highest BCUT2D eigenvalue weighted by Crippen LogP contribution is 2.34. The molecule has 3 rings (SSSR count). The first-order chi connectivity index (χ1) is 6.43. The highest BCUT2D eigenvalue weighted by Gasteiger charge is 2.25. The first kappa shape index (κ1) is 7.56. The van der Waals surface area contributed by atoms with Crippen LogP contribution in [0.15, 0.2) is 6.20 Å². The molecule has 1 aliphatic carbocycles. The molecule has 0 saturated heterocycles. The van der Waals surface area contributed by atoms with Crippen molar-refractivity contribution in [1.29, 1.82) is 0 Å². The summed E-state index contributed by atoms with van der Waals surface area (Å²) < 4.78 is 2.18. The van der Waals surface area contributed by atoms with E-state index < -0.39 is 0 Å². The summed E-state index contributed by atoms with van der Waals surface area (Å²) in [6.07, 6.45) is 7.28. The Morgan fingerprint density at radius 1 is 1.46 bits per heavy atom. The van der Waals surface area contributed by atoms with Gasteiger partial charge in [-0.25, -0.2) is 0 Å². The molecule has 1 aliphatic heterocycles. The molecular weight excluding hydrogens is 162 g/mol. The Bertz CT molecular complexity index is 288. The average molecular weight is 177 g/mol. The van der Waals surface area contributed by atoms with Crippen molar-refractivity contribution in [2.45, 2.75) is 38.3 Å². The number of fused-ring (bicyclic) bond motifs is 1. The number of hydrogen-bond acceptors (Lipinski definition) is 2. The third kappa shape index (κ3) is 1.37. The highest BCUT2D eigenvalue weighted by atomic mass is 15.3. The summed E-state index contributed by atoms with van der Waals surface area (Å²) >= 11 is 0. The lowest BCUT2D eigenvalue weighted by Crippen LogP contribution is -2.11. The highest BCUT2D eigenvalue weighted by molar-refractivity contribution is 5.19. The molecule has 0 amide bonds. The van der Waals surface area contributed by atoms with Gasteiger partial charge in [0.25, 0.3) is 0 Å². The van der Waals surface area contributed by atoms with Crippen LogP contribution in [0.2, 0.25) is 0 Å². The van der Waals surface area contributed by atoms with E-state index >= 15 is 0 Å². The smallest absolute Gasteiger partial charge is 0.0670 e. The maximum absolute atomic E-state index is 4.65. The van der Waals surface area contributed by atoms with Crippen LogP contribution in [0.25, 0.3) is 0 Å². The molecule has 0 spiro atoms. The lowest BCUT2D eigenvalue weighted by atomic mass is 10.2. The molecule has 70 valence electrons. The van der Waals surface area contributed by atoms with Crippen molar-refractivity contribution in [3.63, 3.8) is 0 Å². The number of nitrogens with one attached hydrogen (secondary N) is 1. The van der Waals surface area contributed by atoms with E-state index in [1.807, 2.05) is 0 Å². The molecule has 0 radical (unpaired) electrons. The van der Waals surface area contributed by atoms with Crippen LogP contribution in [0.5, 0.6) is 0 Å². The SMILES string of the molecule is c1c2c(nn1C1CC1)CCCNC2. The minimum atomic E-state index is 0.729. The minimum Gasteiger partial charge on any atom is -0.313 e. The molecule has 0 unspecified atom stereocenters. The lowest BCUT2D eigenvalue weighted by molar-refractivity contribution is 0.613. The van der Waals surface area contributed by atoms with E-state index in [0.29, 0.717) is 0 Å². The summed E-state index contributed by atoms with van der Waals surface area (Å²) in [5.74, 6) is 0. The fourth-order valence-electron chi connectivity index (χ4n) is 1.95. The largest absolute Gasteiger partial charge is 0.313 e. The van der Waals surface area contributed by atoms with Gasteiger partial charge < -0.3 is 5.32 Å². The summed E-state index contributed by atoms with van der Waals surface area (Å²) in [7, 11) is 0. The maximum atomic E-state index is 4.65. The summed E-state index contributed by atoms with van der Waals surface area (Å²) in [5, 5.41) is 8.07. The standard InChI is InChI=1S/C10H15N3/c1-2-10-8(6-11-5-1)7-13(12-10)9-3-4-9/h7,9,11H,1-6H2. The minimum absolute atomic E-state index is 0.729. The molecule has 13 heavy (non-hydrogen) atoms. The molecule has 2 heterocycles. The van der Waals surface area contributed by atoms with Crippen LogP contribution in [0.1, 0.15) is 36.6 Å². The molecule has 3 heteroatoms. The van der Waals surface area contributed by atoms with E-state index in [1.54, 1.807) is 0 Å². The Kier molecular flexibility index (Phi) is 1.65. The molecule has 0 aromatic carbocycles. The van der Waals surface area contributed by atoms with Crippen molar-refractivity contribution in [1.82, 2.24) is 15.1 Å². The second-order valence-corrected chi connectivity index (χ2v) is 4.09.